The van der Waals surface area contributed by atoms with Crippen molar-refractivity contribution in [2.24, 2.45) is 0 Å². The van der Waals surface area contributed by atoms with Crippen molar-refractivity contribution < 1.29 is 37.0 Å². The van der Waals surface area contributed by atoms with E-state index in [1.165, 1.54) is 11.3 Å². The highest BCUT2D eigenvalue weighted by Gasteiger charge is 2.39. The molecule has 3 atom stereocenters. The van der Waals surface area contributed by atoms with Crippen molar-refractivity contribution in [2.75, 3.05) is 25.5 Å². The molecular formula is C23H24F3N3O5S. The summed E-state index contributed by atoms with van der Waals surface area (Å²) < 4.78 is 48.8. The summed E-state index contributed by atoms with van der Waals surface area (Å²) in [5, 5.41) is 6.43. The Morgan fingerprint density at radius 2 is 2.03 bits per heavy atom. The maximum Gasteiger partial charge on any atom is 0.405 e. The van der Waals surface area contributed by atoms with Gasteiger partial charge in [0.25, 0.3) is 11.8 Å². The van der Waals surface area contributed by atoms with Crippen LogP contribution >= 0.6 is 11.3 Å². The fraction of sp³-hybridized carbons (Fsp3) is 0.435. The second-order valence-electron chi connectivity index (χ2n) is 8.41. The highest BCUT2D eigenvalue weighted by atomic mass is 32.1. The molecule has 2 aliphatic heterocycles. The second kappa shape index (κ2) is 10.2. The van der Waals surface area contributed by atoms with Gasteiger partial charge < -0.3 is 25.0 Å². The Balaban J connectivity index is 1.43. The fourth-order valence-corrected chi connectivity index (χ4v) is 4.80. The van der Waals surface area contributed by atoms with Gasteiger partial charge in [0.15, 0.2) is 0 Å². The number of halogens is 3. The first kappa shape index (κ1) is 25.0. The standard InChI is InChI=1S/C23H24F3N3O5S/c1-29-16-6-5-14(10-20(30)27-12-23(24,25)26)34-18(16)11-33-17-7-4-13(9-15(17)22(29)32)28-21(31)19-3-2-8-35-19/h2-4,7-9,14,16,18H,5-6,10-12H2,1H3,(H,27,30)(H,28,31)/t14-,16+,18-/m0/s1. The van der Waals surface area contributed by atoms with E-state index in [2.05, 4.69) is 5.32 Å². The Bertz CT molecular complexity index is 1090. The molecule has 3 amide bonds. The lowest BCUT2D eigenvalue weighted by Crippen LogP contribution is -2.54. The zero-order valence-corrected chi connectivity index (χ0v) is 19.6. The molecule has 0 saturated carbocycles. The van der Waals surface area contributed by atoms with Gasteiger partial charge in [-0.2, -0.15) is 13.2 Å². The quantitative estimate of drug-likeness (QED) is 0.641. The van der Waals surface area contributed by atoms with Crippen LogP contribution < -0.4 is 15.4 Å². The number of ether oxygens (including phenoxy) is 2. The van der Waals surface area contributed by atoms with E-state index in [9.17, 15) is 27.6 Å². The predicted molar refractivity (Wildman–Crippen MR) is 122 cm³/mol. The number of fused-ring (bicyclic) bond motifs is 2. The summed E-state index contributed by atoms with van der Waals surface area (Å²) in [4.78, 5) is 39.6. The number of benzene rings is 1. The van der Waals surface area contributed by atoms with Gasteiger partial charge >= 0.3 is 6.18 Å². The molecule has 1 aromatic carbocycles. The molecule has 2 aromatic rings. The van der Waals surface area contributed by atoms with Gasteiger partial charge in [-0.1, -0.05) is 6.07 Å². The van der Waals surface area contributed by atoms with Crippen LogP contribution in [0.3, 0.4) is 0 Å². The van der Waals surface area contributed by atoms with Crippen LogP contribution in [0.2, 0.25) is 0 Å². The Hall–Kier alpha value is -3.12. The number of rotatable bonds is 5. The molecule has 4 rings (SSSR count). The third kappa shape index (κ3) is 6.12. The first-order valence-corrected chi connectivity index (χ1v) is 11.9. The zero-order chi connectivity index (χ0) is 25.2. The Morgan fingerprint density at radius 1 is 1.23 bits per heavy atom. The number of likely N-dealkylation sites (N-methyl/N-ethyl adjacent to an activating group) is 1. The van der Waals surface area contributed by atoms with Crippen LogP contribution in [0.15, 0.2) is 35.7 Å². The average molecular weight is 512 g/mol. The van der Waals surface area contributed by atoms with Gasteiger partial charge in [-0.15, -0.1) is 11.3 Å². The molecule has 1 saturated heterocycles. The minimum Gasteiger partial charge on any atom is -0.490 e. The van der Waals surface area contributed by atoms with Crippen LogP contribution in [0.5, 0.6) is 5.75 Å². The summed E-state index contributed by atoms with van der Waals surface area (Å²) in [5.41, 5.74) is 0.748. The summed E-state index contributed by atoms with van der Waals surface area (Å²) in [6.45, 7) is -1.30. The molecular weight excluding hydrogens is 487 g/mol. The van der Waals surface area contributed by atoms with E-state index in [-0.39, 0.29) is 30.9 Å². The van der Waals surface area contributed by atoms with Crippen molar-refractivity contribution >= 4 is 34.7 Å². The summed E-state index contributed by atoms with van der Waals surface area (Å²) in [6, 6.07) is 7.93. The number of hydrogen-bond acceptors (Lipinski definition) is 6. The lowest BCUT2D eigenvalue weighted by atomic mass is 9.94. The van der Waals surface area contributed by atoms with E-state index in [0.29, 0.717) is 34.7 Å². The number of carbonyl (C=O) groups is 3. The molecule has 0 spiro atoms. The van der Waals surface area contributed by atoms with Crippen molar-refractivity contribution in [3.8, 4) is 5.75 Å². The first-order valence-electron chi connectivity index (χ1n) is 11.0. The molecule has 8 nitrogen and oxygen atoms in total. The Morgan fingerprint density at radius 3 is 2.74 bits per heavy atom. The normalized spacial score (nSPS) is 22.2. The van der Waals surface area contributed by atoms with Crippen molar-refractivity contribution in [3.05, 3.63) is 46.2 Å². The molecule has 2 N–H and O–H groups in total. The smallest absolute Gasteiger partial charge is 0.405 e. The predicted octanol–water partition coefficient (Wildman–Crippen LogP) is 3.45. The van der Waals surface area contributed by atoms with Gasteiger partial charge in [0, 0.05) is 12.7 Å². The van der Waals surface area contributed by atoms with Crippen LogP contribution in [-0.4, -0.2) is 67.2 Å². The van der Waals surface area contributed by atoms with Gasteiger partial charge in [0.05, 0.1) is 29.0 Å². The largest absolute Gasteiger partial charge is 0.490 e. The van der Waals surface area contributed by atoms with Gasteiger partial charge in [-0.3, -0.25) is 14.4 Å². The van der Waals surface area contributed by atoms with E-state index in [0.717, 1.165) is 0 Å². The van der Waals surface area contributed by atoms with Crippen LogP contribution in [0.25, 0.3) is 0 Å². The lowest BCUT2D eigenvalue weighted by Gasteiger charge is -2.42. The molecule has 35 heavy (non-hydrogen) atoms. The third-order valence-corrected chi connectivity index (χ3v) is 6.78. The SMILES string of the molecule is CN1C(=O)c2cc(NC(=O)c3cccs3)ccc2OC[C@@H]2O[C@H](CC(=O)NCC(F)(F)F)CC[C@H]21. The van der Waals surface area contributed by atoms with Crippen molar-refractivity contribution in [1.29, 1.82) is 0 Å². The number of alkyl halides is 3. The lowest BCUT2D eigenvalue weighted by molar-refractivity contribution is -0.144. The monoisotopic (exact) mass is 511 g/mol. The molecule has 3 heterocycles. The maximum atomic E-state index is 13.3. The third-order valence-electron chi connectivity index (χ3n) is 5.91. The number of nitrogens with one attached hydrogen (secondary N) is 2. The van der Waals surface area contributed by atoms with Crippen molar-refractivity contribution in [2.45, 2.75) is 43.7 Å². The van der Waals surface area contributed by atoms with E-state index < -0.39 is 30.8 Å². The number of nitrogens with zero attached hydrogens (tertiary/aromatic N) is 1. The molecule has 188 valence electrons. The van der Waals surface area contributed by atoms with Gasteiger partial charge in [-0.25, -0.2) is 0 Å². The van der Waals surface area contributed by atoms with E-state index in [1.54, 1.807) is 47.7 Å². The highest BCUT2D eigenvalue weighted by molar-refractivity contribution is 7.12. The number of hydrogen-bond donors (Lipinski definition) is 2. The van der Waals surface area contributed by atoms with Crippen molar-refractivity contribution in [3.63, 3.8) is 0 Å². The number of amides is 3. The fourth-order valence-electron chi connectivity index (χ4n) is 4.18. The molecule has 2 aliphatic rings. The number of anilines is 1. The summed E-state index contributed by atoms with van der Waals surface area (Å²) >= 11 is 1.31. The molecule has 0 aliphatic carbocycles. The van der Waals surface area contributed by atoms with Gasteiger partial charge in [-0.05, 0) is 42.5 Å². The minimum absolute atomic E-state index is 0.0941. The molecule has 1 aromatic heterocycles. The summed E-state index contributed by atoms with van der Waals surface area (Å²) in [7, 11) is 1.64. The van der Waals surface area contributed by atoms with Crippen LogP contribution in [0, 0.1) is 0 Å². The van der Waals surface area contributed by atoms with Crippen LogP contribution in [0.4, 0.5) is 18.9 Å². The van der Waals surface area contributed by atoms with Gasteiger partial charge in [0.1, 0.15) is 25.0 Å². The molecule has 0 bridgehead atoms. The molecule has 1 fully saturated rings. The van der Waals surface area contributed by atoms with E-state index in [1.807, 2.05) is 5.32 Å². The van der Waals surface area contributed by atoms with E-state index >= 15 is 0 Å². The summed E-state index contributed by atoms with van der Waals surface area (Å²) in [6.07, 6.45) is -4.92. The van der Waals surface area contributed by atoms with Crippen LogP contribution in [-0.2, 0) is 9.53 Å². The number of thiophene rings is 1. The molecule has 0 unspecified atom stereocenters. The zero-order valence-electron chi connectivity index (χ0n) is 18.8. The molecule has 12 heteroatoms. The highest BCUT2D eigenvalue weighted by Crippen LogP contribution is 2.32. The van der Waals surface area contributed by atoms with Crippen LogP contribution in [0.1, 0.15) is 39.3 Å². The van der Waals surface area contributed by atoms with E-state index in [4.69, 9.17) is 9.47 Å². The second-order valence-corrected chi connectivity index (χ2v) is 9.35. The average Bonchev–Trinajstić information content (AvgIpc) is 3.35. The molecule has 0 radical (unpaired) electrons. The van der Waals surface area contributed by atoms with Crippen molar-refractivity contribution in [1.82, 2.24) is 10.2 Å². The maximum absolute atomic E-state index is 13.3. The van der Waals surface area contributed by atoms with Gasteiger partial charge in [0.2, 0.25) is 5.91 Å². The topological polar surface area (TPSA) is 97.0 Å². The number of carbonyl (C=O) groups excluding carboxylic acids is 3. The summed E-state index contributed by atoms with van der Waals surface area (Å²) in [5.74, 6) is -1.02. The Kier molecular flexibility index (Phi) is 7.31. The minimum atomic E-state index is -4.48. The first-order chi connectivity index (χ1) is 16.6. The Labute approximate surface area is 203 Å².